The molecule has 10 heteroatoms. The predicted octanol–water partition coefficient (Wildman–Crippen LogP) is 4.36. The van der Waals surface area contributed by atoms with Crippen molar-refractivity contribution in [2.75, 3.05) is 13.1 Å². The average Bonchev–Trinajstić information content (AvgIpc) is 3.27. The minimum Gasteiger partial charge on any atom is -0.490 e. The van der Waals surface area contributed by atoms with Crippen LogP contribution in [0.5, 0.6) is 5.75 Å². The molecular formula is C25H24F2N2O5S. The van der Waals surface area contributed by atoms with E-state index < -0.39 is 23.5 Å². The van der Waals surface area contributed by atoms with Crippen LogP contribution >= 0.6 is 11.3 Å². The number of ether oxygens (including phenoxy) is 1. The Kier molecular flexibility index (Phi) is 7.60. The van der Waals surface area contributed by atoms with Gasteiger partial charge in [0.25, 0.3) is 11.8 Å². The van der Waals surface area contributed by atoms with Crippen LogP contribution in [-0.2, 0) is 4.79 Å². The maximum atomic E-state index is 13.8. The van der Waals surface area contributed by atoms with Gasteiger partial charge >= 0.3 is 5.97 Å². The van der Waals surface area contributed by atoms with Gasteiger partial charge in [0.15, 0.2) is 0 Å². The molecular weight excluding hydrogens is 478 g/mol. The van der Waals surface area contributed by atoms with E-state index in [1.165, 1.54) is 12.1 Å². The molecule has 1 saturated carbocycles. The summed E-state index contributed by atoms with van der Waals surface area (Å²) in [6.07, 6.45) is 2.51. The fourth-order valence-electron chi connectivity index (χ4n) is 4.02. The number of aliphatic carboxylic acids is 1. The summed E-state index contributed by atoms with van der Waals surface area (Å²) in [5.41, 5.74) is 0.431. The van der Waals surface area contributed by atoms with Crippen LogP contribution < -0.4 is 15.4 Å². The predicted molar refractivity (Wildman–Crippen MR) is 127 cm³/mol. The van der Waals surface area contributed by atoms with Gasteiger partial charge < -0.3 is 20.5 Å². The molecule has 3 N–H and O–H groups in total. The first-order valence-corrected chi connectivity index (χ1v) is 12.1. The second-order valence-electron chi connectivity index (χ2n) is 8.38. The van der Waals surface area contributed by atoms with E-state index in [9.17, 15) is 23.2 Å². The molecule has 35 heavy (non-hydrogen) atoms. The van der Waals surface area contributed by atoms with E-state index in [-0.39, 0.29) is 41.3 Å². The van der Waals surface area contributed by atoms with Crippen LogP contribution in [0.4, 0.5) is 8.78 Å². The summed E-state index contributed by atoms with van der Waals surface area (Å²) in [6, 6.07) is 10.0. The van der Waals surface area contributed by atoms with Crippen LogP contribution in [0.25, 0.3) is 10.1 Å². The van der Waals surface area contributed by atoms with Crippen molar-refractivity contribution >= 4 is 39.2 Å². The fraction of sp³-hybridized carbons (Fsp3) is 0.320. The third-order valence-corrected chi connectivity index (χ3v) is 7.00. The summed E-state index contributed by atoms with van der Waals surface area (Å²) in [6.45, 7) is 0.347. The molecule has 2 aromatic carbocycles. The topological polar surface area (TPSA) is 105 Å². The first kappa shape index (κ1) is 24.6. The molecule has 1 aliphatic rings. The summed E-state index contributed by atoms with van der Waals surface area (Å²) in [5, 5.41) is 14.6. The zero-order chi connectivity index (χ0) is 24.9. The van der Waals surface area contributed by atoms with E-state index in [0.717, 1.165) is 17.4 Å². The van der Waals surface area contributed by atoms with Gasteiger partial charge in [-0.15, -0.1) is 11.3 Å². The lowest BCUT2D eigenvalue weighted by Crippen LogP contribution is -2.34. The molecule has 3 aromatic rings. The SMILES string of the molecule is O=C(NCCNC(=O)c1cc2c(F)cc(F)cc2s1)c1ccc(O[C@H]2CC[C@@H](C(=O)O)CC2)cc1. The lowest BCUT2D eigenvalue weighted by molar-refractivity contribution is -0.143. The lowest BCUT2D eigenvalue weighted by Gasteiger charge is -2.26. The van der Waals surface area contributed by atoms with Crippen LogP contribution in [0, 0.1) is 17.6 Å². The Hall–Kier alpha value is -3.53. The van der Waals surface area contributed by atoms with Gasteiger partial charge in [-0.05, 0) is 62.1 Å². The minimum absolute atomic E-state index is 0.0367. The Bertz CT molecular complexity index is 1240. The number of benzene rings is 2. The van der Waals surface area contributed by atoms with Gasteiger partial charge in [-0.25, -0.2) is 8.78 Å². The molecule has 2 amide bonds. The first-order chi connectivity index (χ1) is 16.8. The van der Waals surface area contributed by atoms with Gasteiger partial charge in [-0.1, -0.05) is 0 Å². The number of hydrogen-bond donors (Lipinski definition) is 3. The van der Waals surface area contributed by atoms with E-state index in [1.807, 2.05) is 0 Å². The molecule has 1 aliphatic carbocycles. The van der Waals surface area contributed by atoms with Crippen molar-refractivity contribution in [1.82, 2.24) is 10.6 Å². The van der Waals surface area contributed by atoms with Gasteiger partial charge in [-0.3, -0.25) is 14.4 Å². The van der Waals surface area contributed by atoms with Crippen LogP contribution in [0.2, 0.25) is 0 Å². The van der Waals surface area contributed by atoms with E-state index >= 15 is 0 Å². The molecule has 184 valence electrons. The van der Waals surface area contributed by atoms with Crippen LogP contribution in [-0.4, -0.2) is 42.1 Å². The van der Waals surface area contributed by atoms with E-state index in [2.05, 4.69) is 10.6 Å². The fourth-order valence-corrected chi connectivity index (χ4v) is 5.04. The average molecular weight is 503 g/mol. The van der Waals surface area contributed by atoms with Crippen molar-refractivity contribution < 1.29 is 33.0 Å². The van der Waals surface area contributed by atoms with E-state index in [1.54, 1.807) is 24.3 Å². The van der Waals surface area contributed by atoms with Gasteiger partial charge in [0.1, 0.15) is 17.4 Å². The zero-order valence-electron chi connectivity index (χ0n) is 18.7. The van der Waals surface area contributed by atoms with Crippen molar-refractivity contribution in [1.29, 1.82) is 0 Å². The monoisotopic (exact) mass is 502 g/mol. The standard InChI is InChI=1S/C25H24F2N2O5S/c26-16-11-20(27)19-13-22(35-21(19)12-16)24(31)29-10-9-28-23(30)14-1-5-17(6-2-14)34-18-7-3-15(4-8-18)25(32)33/h1-2,5-6,11-13,15,18H,3-4,7-10H2,(H,28,30)(H,29,31)(H,32,33)/t15-,18+. The molecule has 1 heterocycles. The van der Waals surface area contributed by atoms with E-state index in [0.29, 0.717) is 41.7 Å². The van der Waals surface area contributed by atoms with Gasteiger partial charge in [0.05, 0.1) is 16.9 Å². The highest BCUT2D eigenvalue weighted by molar-refractivity contribution is 7.20. The second-order valence-corrected chi connectivity index (χ2v) is 9.46. The summed E-state index contributed by atoms with van der Waals surface area (Å²) < 4.78 is 33.4. The molecule has 4 rings (SSSR count). The largest absolute Gasteiger partial charge is 0.490 e. The van der Waals surface area contributed by atoms with Gasteiger partial charge in [0.2, 0.25) is 0 Å². The smallest absolute Gasteiger partial charge is 0.306 e. The maximum absolute atomic E-state index is 13.8. The number of carboxylic acid groups (broad SMARTS) is 1. The third-order valence-electron chi connectivity index (χ3n) is 5.91. The number of carboxylic acids is 1. The molecule has 0 saturated heterocycles. The van der Waals surface area contributed by atoms with Crippen molar-refractivity contribution in [2.45, 2.75) is 31.8 Å². The Labute approximate surface area is 204 Å². The Morgan fingerprint density at radius 1 is 0.943 bits per heavy atom. The number of amides is 2. The van der Waals surface area contributed by atoms with Crippen LogP contribution in [0.3, 0.4) is 0 Å². The minimum atomic E-state index is -0.759. The molecule has 1 fully saturated rings. The third kappa shape index (κ3) is 6.13. The number of hydrogen-bond acceptors (Lipinski definition) is 5. The Balaban J connectivity index is 1.21. The number of fused-ring (bicyclic) bond motifs is 1. The molecule has 0 unspecified atom stereocenters. The van der Waals surface area contributed by atoms with Crippen LogP contribution in [0.1, 0.15) is 45.7 Å². The number of nitrogens with one attached hydrogen (secondary N) is 2. The quantitative estimate of drug-likeness (QED) is 0.397. The molecule has 0 spiro atoms. The van der Waals surface area contributed by atoms with Crippen molar-refractivity contribution in [3.63, 3.8) is 0 Å². The molecule has 0 bridgehead atoms. The molecule has 0 aliphatic heterocycles. The molecule has 1 aromatic heterocycles. The first-order valence-electron chi connectivity index (χ1n) is 11.2. The number of thiophene rings is 1. The molecule has 0 radical (unpaired) electrons. The van der Waals surface area contributed by atoms with Crippen molar-refractivity contribution in [2.24, 2.45) is 5.92 Å². The second kappa shape index (κ2) is 10.8. The zero-order valence-corrected chi connectivity index (χ0v) is 19.5. The molecule has 0 atom stereocenters. The molecule has 7 nitrogen and oxygen atoms in total. The van der Waals surface area contributed by atoms with E-state index in [4.69, 9.17) is 9.84 Å². The lowest BCUT2D eigenvalue weighted by atomic mass is 9.87. The normalized spacial score (nSPS) is 17.7. The van der Waals surface area contributed by atoms with Crippen LogP contribution in [0.15, 0.2) is 42.5 Å². The highest BCUT2D eigenvalue weighted by atomic mass is 32.1. The summed E-state index contributed by atoms with van der Waals surface area (Å²) in [4.78, 5) is 36.0. The number of halogens is 2. The summed E-state index contributed by atoms with van der Waals surface area (Å²) in [7, 11) is 0. The number of carbonyl (C=O) groups excluding carboxylic acids is 2. The number of carbonyl (C=O) groups is 3. The van der Waals surface area contributed by atoms with Gasteiger partial charge in [0, 0.05) is 34.8 Å². The maximum Gasteiger partial charge on any atom is 0.306 e. The summed E-state index contributed by atoms with van der Waals surface area (Å²) in [5.74, 6) is -2.61. The van der Waals surface area contributed by atoms with Gasteiger partial charge in [-0.2, -0.15) is 0 Å². The Morgan fingerprint density at radius 2 is 1.60 bits per heavy atom. The highest BCUT2D eigenvalue weighted by Crippen LogP contribution is 2.29. The Morgan fingerprint density at radius 3 is 2.26 bits per heavy atom. The van der Waals surface area contributed by atoms with Crippen molar-refractivity contribution in [3.8, 4) is 5.75 Å². The highest BCUT2D eigenvalue weighted by Gasteiger charge is 2.26. The summed E-state index contributed by atoms with van der Waals surface area (Å²) >= 11 is 0.992. The van der Waals surface area contributed by atoms with Crippen molar-refractivity contribution in [3.05, 3.63) is 64.5 Å². The number of rotatable bonds is 8.